The number of nitrogens with zero attached hydrogens (tertiary/aromatic N) is 1. The predicted molar refractivity (Wildman–Crippen MR) is 76.3 cm³/mol. The van der Waals surface area contributed by atoms with Gasteiger partial charge in [-0.15, -0.1) is 0 Å². The first-order chi connectivity index (χ1) is 8.09. The van der Waals surface area contributed by atoms with Crippen molar-refractivity contribution in [3.8, 4) is 0 Å². The second kappa shape index (κ2) is 5.52. The summed E-state index contributed by atoms with van der Waals surface area (Å²) in [5.74, 6) is 0. The highest BCUT2D eigenvalue weighted by Gasteiger charge is 2.27. The SMILES string of the molecule is CC(C)(Cc1ccc(B(O)O)cn1)O[Si](C)(C)C. The van der Waals surface area contributed by atoms with E-state index in [1.165, 1.54) is 6.20 Å². The van der Waals surface area contributed by atoms with Crippen LogP contribution in [-0.4, -0.2) is 36.1 Å². The average Bonchev–Trinajstić information content (AvgIpc) is 2.13. The highest BCUT2D eigenvalue weighted by molar-refractivity contribution is 6.69. The van der Waals surface area contributed by atoms with E-state index in [9.17, 15) is 0 Å². The Bertz CT molecular complexity index is 387. The van der Waals surface area contributed by atoms with Gasteiger partial charge in [0, 0.05) is 23.8 Å². The predicted octanol–water partition coefficient (Wildman–Crippen LogP) is 0.934. The molecule has 0 saturated carbocycles. The molecular weight excluding hydrogens is 245 g/mol. The minimum absolute atomic E-state index is 0.253. The Kier molecular flexibility index (Phi) is 4.72. The van der Waals surface area contributed by atoms with E-state index in [0.29, 0.717) is 11.9 Å². The van der Waals surface area contributed by atoms with E-state index < -0.39 is 15.4 Å². The van der Waals surface area contributed by atoms with Crippen molar-refractivity contribution in [1.29, 1.82) is 0 Å². The van der Waals surface area contributed by atoms with E-state index >= 15 is 0 Å². The van der Waals surface area contributed by atoms with Crippen molar-refractivity contribution in [2.24, 2.45) is 0 Å². The van der Waals surface area contributed by atoms with Gasteiger partial charge in [-0.25, -0.2) is 0 Å². The second-order valence-corrected chi connectivity index (χ2v) is 10.5. The molecule has 0 unspecified atom stereocenters. The summed E-state index contributed by atoms with van der Waals surface area (Å²) in [6.45, 7) is 10.6. The second-order valence-electron chi connectivity index (χ2n) is 6.11. The zero-order valence-corrected chi connectivity index (χ0v) is 12.8. The molecular formula is C12H22BNO3Si. The highest BCUT2D eigenvalue weighted by atomic mass is 28.4. The van der Waals surface area contributed by atoms with Gasteiger partial charge in [0.15, 0.2) is 8.32 Å². The van der Waals surface area contributed by atoms with Crippen molar-refractivity contribution < 1.29 is 14.5 Å². The van der Waals surface area contributed by atoms with Gasteiger partial charge in [-0.3, -0.25) is 4.98 Å². The molecule has 0 aliphatic carbocycles. The quantitative estimate of drug-likeness (QED) is 0.779. The fourth-order valence-corrected chi connectivity index (χ4v) is 3.72. The molecule has 0 spiro atoms. The van der Waals surface area contributed by atoms with Crippen LogP contribution in [0.4, 0.5) is 0 Å². The number of hydrogen-bond acceptors (Lipinski definition) is 4. The van der Waals surface area contributed by atoms with Crippen LogP contribution >= 0.6 is 0 Å². The molecule has 0 aliphatic heterocycles. The summed E-state index contributed by atoms with van der Waals surface area (Å²) in [6, 6.07) is 3.49. The zero-order chi connectivity index (χ0) is 14.0. The molecule has 0 aliphatic rings. The first kappa shape index (κ1) is 15.4. The van der Waals surface area contributed by atoms with Gasteiger partial charge in [-0.05, 0) is 39.6 Å². The zero-order valence-electron chi connectivity index (χ0n) is 11.8. The molecule has 0 bridgehead atoms. The summed E-state index contributed by atoms with van der Waals surface area (Å²) in [5, 5.41) is 18.0. The molecule has 0 aromatic carbocycles. The summed E-state index contributed by atoms with van der Waals surface area (Å²) in [7, 11) is -3.04. The molecule has 4 nitrogen and oxygen atoms in total. The highest BCUT2D eigenvalue weighted by Crippen LogP contribution is 2.21. The van der Waals surface area contributed by atoms with E-state index in [0.717, 1.165) is 5.69 Å². The molecule has 2 N–H and O–H groups in total. The molecule has 6 heteroatoms. The molecule has 1 heterocycles. The van der Waals surface area contributed by atoms with Gasteiger partial charge in [0.25, 0.3) is 0 Å². The lowest BCUT2D eigenvalue weighted by Crippen LogP contribution is -2.40. The van der Waals surface area contributed by atoms with Crippen LogP contribution in [0.2, 0.25) is 19.6 Å². The lowest BCUT2D eigenvalue weighted by Gasteiger charge is -2.32. The maximum atomic E-state index is 9.00. The van der Waals surface area contributed by atoms with Crippen LogP contribution in [0.1, 0.15) is 19.5 Å². The van der Waals surface area contributed by atoms with Gasteiger partial charge in [0.1, 0.15) is 0 Å². The topological polar surface area (TPSA) is 62.6 Å². The Hall–Kier alpha value is -0.688. The lowest BCUT2D eigenvalue weighted by atomic mass is 9.81. The summed E-state index contributed by atoms with van der Waals surface area (Å²) in [4.78, 5) is 4.23. The summed E-state index contributed by atoms with van der Waals surface area (Å²) in [6.07, 6.45) is 2.20. The number of rotatable bonds is 5. The van der Waals surface area contributed by atoms with Crippen LogP contribution in [0.15, 0.2) is 18.3 Å². The molecule has 0 atom stereocenters. The maximum absolute atomic E-state index is 9.00. The third-order valence-corrected chi connectivity index (χ3v) is 3.50. The van der Waals surface area contributed by atoms with Crippen LogP contribution < -0.4 is 5.46 Å². The monoisotopic (exact) mass is 267 g/mol. The van der Waals surface area contributed by atoms with E-state index in [2.05, 4.69) is 38.5 Å². The van der Waals surface area contributed by atoms with E-state index in [-0.39, 0.29) is 5.60 Å². The number of hydrogen-bond donors (Lipinski definition) is 2. The Labute approximate surface area is 110 Å². The van der Waals surface area contributed by atoms with Crippen molar-refractivity contribution >= 4 is 20.9 Å². The molecule has 18 heavy (non-hydrogen) atoms. The normalized spacial score (nSPS) is 12.6. The van der Waals surface area contributed by atoms with Crippen molar-refractivity contribution in [1.82, 2.24) is 4.98 Å². The Morgan fingerprint density at radius 1 is 1.28 bits per heavy atom. The van der Waals surface area contributed by atoms with Gasteiger partial charge in [0.2, 0.25) is 0 Å². The van der Waals surface area contributed by atoms with Crippen LogP contribution in [0.5, 0.6) is 0 Å². The standard InChI is InChI=1S/C12H22BNO3Si/c1-12(2,17-18(3,4)5)8-11-7-6-10(9-14-11)13(15)16/h6-7,9,15-16H,8H2,1-5H3. The number of pyridine rings is 1. The van der Waals surface area contributed by atoms with Gasteiger partial charge >= 0.3 is 7.12 Å². The largest absolute Gasteiger partial charge is 0.490 e. The molecule has 1 aromatic rings. The van der Waals surface area contributed by atoms with E-state index in [4.69, 9.17) is 14.5 Å². The molecule has 0 saturated heterocycles. The Morgan fingerprint density at radius 2 is 1.89 bits per heavy atom. The van der Waals surface area contributed by atoms with Crippen LogP contribution in [0.25, 0.3) is 0 Å². The number of aromatic nitrogens is 1. The Morgan fingerprint density at radius 3 is 2.28 bits per heavy atom. The third kappa shape index (κ3) is 5.31. The van der Waals surface area contributed by atoms with Gasteiger partial charge in [0.05, 0.1) is 5.60 Å². The molecule has 1 aromatic heterocycles. The summed E-state index contributed by atoms with van der Waals surface area (Å²) in [5.41, 5.74) is 1.04. The van der Waals surface area contributed by atoms with Crippen molar-refractivity contribution in [3.63, 3.8) is 0 Å². The fraction of sp³-hybridized carbons (Fsp3) is 0.583. The van der Waals surface area contributed by atoms with E-state index in [1.54, 1.807) is 6.07 Å². The first-order valence-corrected chi connectivity index (χ1v) is 9.51. The summed E-state index contributed by atoms with van der Waals surface area (Å²) < 4.78 is 6.11. The Balaban J connectivity index is 2.72. The van der Waals surface area contributed by atoms with E-state index in [1.807, 2.05) is 6.07 Å². The minimum Gasteiger partial charge on any atom is -0.423 e. The lowest BCUT2D eigenvalue weighted by molar-refractivity contribution is 0.100. The van der Waals surface area contributed by atoms with Gasteiger partial charge in [-0.2, -0.15) is 0 Å². The van der Waals surface area contributed by atoms with Crippen LogP contribution in [-0.2, 0) is 10.8 Å². The van der Waals surface area contributed by atoms with Crippen molar-refractivity contribution in [2.45, 2.75) is 45.5 Å². The molecule has 0 amide bonds. The minimum atomic E-state index is -1.58. The molecule has 1 rings (SSSR count). The molecule has 0 fully saturated rings. The fourth-order valence-electron chi connectivity index (χ4n) is 1.99. The van der Waals surface area contributed by atoms with Crippen LogP contribution in [0, 0.1) is 0 Å². The first-order valence-electron chi connectivity index (χ1n) is 6.10. The smallest absolute Gasteiger partial charge is 0.423 e. The van der Waals surface area contributed by atoms with Crippen LogP contribution in [0.3, 0.4) is 0 Å². The average molecular weight is 267 g/mol. The van der Waals surface area contributed by atoms with Gasteiger partial charge in [-0.1, -0.05) is 6.07 Å². The van der Waals surface area contributed by atoms with Crippen molar-refractivity contribution in [2.75, 3.05) is 0 Å². The molecule has 0 radical (unpaired) electrons. The van der Waals surface area contributed by atoms with Gasteiger partial charge < -0.3 is 14.5 Å². The maximum Gasteiger partial charge on any atom is 0.490 e. The summed E-state index contributed by atoms with van der Waals surface area (Å²) >= 11 is 0. The van der Waals surface area contributed by atoms with Crippen molar-refractivity contribution in [3.05, 3.63) is 24.0 Å². The molecule has 100 valence electrons. The third-order valence-electron chi connectivity index (χ3n) is 2.34.